The minimum atomic E-state index is 0.709. The Balaban J connectivity index is 1.14. The maximum absolute atomic E-state index is 4.69. The summed E-state index contributed by atoms with van der Waals surface area (Å²) in [6, 6.07) is 32.2. The van der Waals surface area contributed by atoms with Gasteiger partial charge in [0.05, 0.1) is 16.6 Å². The summed E-state index contributed by atoms with van der Waals surface area (Å²) in [7, 11) is 0. The standard InChI is InChI=1S/C32H26N5/c1-2-37-30-10-6-3-7-26(30)27-12-11-25(21-31(27)37)36-19-15-24(16-20-36)23-13-17-35(18-14-23)22-32-33-28-8-4-5-9-29(28)34-32/h3-21H,2,22H2,1H3/q+1/p+1. The number of rotatable bonds is 5. The average Bonchev–Trinajstić information content (AvgIpc) is 3.51. The number of hydrogen-bond acceptors (Lipinski definition) is 1. The van der Waals surface area contributed by atoms with Crippen LogP contribution in [0.15, 0.2) is 116 Å². The molecule has 4 aromatic heterocycles. The summed E-state index contributed by atoms with van der Waals surface area (Å²) in [5.74, 6) is 0.957. The van der Waals surface area contributed by atoms with E-state index in [9.17, 15) is 0 Å². The van der Waals surface area contributed by atoms with Crippen LogP contribution in [0, 0.1) is 0 Å². The van der Waals surface area contributed by atoms with E-state index in [1.54, 1.807) is 0 Å². The number of benzene rings is 3. The summed E-state index contributed by atoms with van der Waals surface area (Å²) in [5.41, 5.74) is 8.18. The van der Waals surface area contributed by atoms with Crippen molar-refractivity contribution in [1.29, 1.82) is 0 Å². The van der Waals surface area contributed by atoms with Crippen LogP contribution in [0.3, 0.4) is 0 Å². The molecule has 178 valence electrons. The van der Waals surface area contributed by atoms with Crippen LogP contribution in [-0.2, 0) is 13.1 Å². The summed E-state index contributed by atoms with van der Waals surface area (Å²) < 4.78 is 6.73. The van der Waals surface area contributed by atoms with Crippen LogP contribution < -0.4 is 9.13 Å². The molecule has 4 heterocycles. The Morgan fingerprint density at radius 3 is 2.22 bits per heavy atom. The Morgan fingerprint density at radius 1 is 0.730 bits per heavy atom. The van der Waals surface area contributed by atoms with Gasteiger partial charge in [0.1, 0.15) is 0 Å². The number of fused-ring (bicyclic) bond motifs is 4. The molecule has 37 heavy (non-hydrogen) atoms. The van der Waals surface area contributed by atoms with Crippen molar-refractivity contribution in [1.82, 2.24) is 14.5 Å². The molecule has 5 nitrogen and oxygen atoms in total. The molecule has 0 aliphatic rings. The van der Waals surface area contributed by atoms with Crippen molar-refractivity contribution >= 4 is 32.8 Å². The highest BCUT2D eigenvalue weighted by Crippen LogP contribution is 2.29. The van der Waals surface area contributed by atoms with E-state index in [0.29, 0.717) is 6.54 Å². The predicted molar refractivity (Wildman–Crippen MR) is 147 cm³/mol. The second kappa shape index (κ2) is 8.71. The summed E-state index contributed by atoms with van der Waals surface area (Å²) in [6.45, 7) is 3.86. The molecule has 1 N–H and O–H groups in total. The molecule has 0 amide bonds. The summed E-state index contributed by atoms with van der Waals surface area (Å²) in [4.78, 5) is 8.09. The quantitative estimate of drug-likeness (QED) is 0.302. The topological polar surface area (TPSA) is 41.4 Å². The molecule has 5 heteroatoms. The fraction of sp³-hybridized carbons (Fsp3) is 0.0938. The molecule has 7 aromatic rings. The molecule has 0 bridgehead atoms. The minimum Gasteiger partial charge on any atom is -0.341 e. The van der Waals surface area contributed by atoms with Gasteiger partial charge in [-0.3, -0.25) is 0 Å². The summed E-state index contributed by atoms with van der Waals surface area (Å²) >= 11 is 0. The van der Waals surface area contributed by atoms with Crippen molar-refractivity contribution in [2.45, 2.75) is 20.0 Å². The SMILES string of the molecule is CCn1c2ccccc2c2ccc(-[n+]3ccc(-c4cc[n+](Cc5nc6ccccc6[nH]5)cc4)cc3)cc21. The van der Waals surface area contributed by atoms with Crippen LogP contribution in [0.4, 0.5) is 0 Å². The van der Waals surface area contributed by atoms with Gasteiger partial charge in [-0.05, 0) is 42.3 Å². The largest absolute Gasteiger partial charge is 0.341 e. The van der Waals surface area contributed by atoms with Gasteiger partial charge in [-0.1, -0.05) is 30.3 Å². The molecule has 0 unspecified atom stereocenters. The Morgan fingerprint density at radius 2 is 1.43 bits per heavy atom. The molecule has 0 radical (unpaired) electrons. The van der Waals surface area contributed by atoms with E-state index >= 15 is 0 Å². The van der Waals surface area contributed by atoms with E-state index in [-0.39, 0.29) is 0 Å². The third-order valence-corrected chi connectivity index (χ3v) is 7.20. The zero-order valence-corrected chi connectivity index (χ0v) is 20.7. The zero-order valence-electron chi connectivity index (χ0n) is 20.7. The van der Waals surface area contributed by atoms with Gasteiger partial charge in [0.15, 0.2) is 30.6 Å². The normalized spacial score (nSPS) is 11.6. The van der Waals surface area contributed by atoms with Crippen LogP contribution in [0.25, 0.3) is 49.7 Å². The Bertz CT molecular complexity index is 1840. The predicted octanol–water partition coefficient (Wildman–Crippen LogP) is 5.97. The second-order valence-corrected chi connectivity index (χ2v) is 9.42. The molecule has 3 aromatic carbocycles. The lowest BCUT2D eigenvalue weighted by Crippen LogP contribution is -2.33. The van der Waals surface area contributed by atoms with Crippen molar-refractivity contribution in [3.8, 4) is 16.8 Å². The molecule has 0 saturated heterocycles. The lowest BCUT2D eigenvalue weighted by molar-refractivity contribution is -0.689. The van der Waals surface area contributed by atoms with Crippen LogP contribution in [0.1, 0.15) is 12.7 Å². The fourth-order valence-electron chi connectivity index (χ4n) is 5.34. The van der Waals surface area contributed by atoms with Gasteiger partial charge in [-0.2, -0.15) is 9.13 Å². The number of H-pyrrole nitrogens is 1. The summed E-state index contributed by atoms with van der Waals surface area (Å²) in [6.07, 6.45) is 8.51. The van der Waals surface area contributed by atoms with Gasteiger partial charge < -0.3 is 9.55 Å². The van der Waals surface area contributed by atoms with Gasteiger partial charge >= 0.3 is 0 Å². The highest BCUT2D eigenvalue weighted by Gasteiger charge is 2.14. The van der Waals surface area contributed by atoms with Crippen molar-refractivity contribution in [3.05, 3.63) is 122 Å². The van der Waals surface area contributed by atoms with Crippen molar-refractivity contribution < 1.29 is 9.13 Å². The number of aromatic nitrogens is 5. The Labute approximate surface area is 214 Å². The third-order valence-electron chi connectivity index (χ3n) is 7.20. The molecule has 0 aliphatic heterocycles. The third kappa shape index (κ3) is 3.76. The van der Waals surface area contributed by atoms with Gasteiger partial charge in [0.2, 0.25) is 12.2 Å². The van der Waals surface area contributed by atoms with E-state index in [0.717, 1.165) is 29.1 Å². The number of aromatic amines is 1. The molecule has 0 spiro atoms. The highest BCUT2D eigenvalue weighted by molar-refractivity contribution is 6.08. The van der Waals surface area contributed by atoms with Crippen molar-refractivity contribution in [2.24, 2.45) is 0 Å². The Kier molecular flexibility index (Phi) is 5.07. The Hall–Kier alpha value is -4.77. The number of para-hydroxylation sites is 3. The van der Waals surface area contributed by atoms with Gasteiger partial charge in [-0.25, -0.2) is 4.98 Å². The number of imidazole rings is 1. The monoisotopic (exact) mass is 481 g/mol. The van der Waals surface area contributed by atoms with Gasteiger partial charge in [-0.15, -0.1) is 0 Å². The maximum atomic E-state index is 4.69. The van der Waals surface area contributed by atoms with Crippen molar-refractivity contribution in [2.75, 3.05) is 0 Å². The van der Waals surface area contributed by atoms with Gasteiger partial charge in [0, 0.05) is 59.2 Å². The fourth-order valence-corrected chi connectivity index (χ4v) is 5.34. The van der Waals surface area contributed by atoms with E-state index in [1.807, 2.05) is 18.2 Å². The van der Waals surface area contributed by atoms with Gasteiger partial charge in [0.25, 0.3) is 0 Å². The molecule has 0 fully saturated rings. The van der Waals surface area contributed by atoms with Crippen LogP contribution in [-0.4, -0.2) is 14.5 Å². The zero-order chi connectivity index (χ0) is 24.8. The number of nitrogens with zero attached hydrogens (tertiary/aromatic N) is 4. The van der Waals surface area contributed by atoms with Crippen LogP contribution >= 0.6 is 0 Å². The maximum Gasteiger partial charge on any atom is 0.212 e. The first-order valence-electron chi connectivity index (χ1n) is 12.7. The lowest BCUT2D eigenvalue weighted by atomic mass is 10.1. The number of nitrogens with one attached hydrogen (secondary N) is 1. The minimum absolute atomic E-state index is 0.709. The molecular weight excluding hydrogens is 454 g/mol. The highest BCUT2D eigenvalue weighted by atomic mass is 15.0. The lowest BCUT2D eigenvalue weighted by Gasteiger charge is -2.04. The number of hydrogen-bond donors (Lipinski definition) is 1. The van der Waals surface area contributed by atoms with E-state index in [2.05, 4.69) is 128 Å². The molecule has 7 rings (SSSR count). The average molecular weight is 482 g/mol. The van der Waals surface area contributed by atoms with Crippen LogP contribution in [0.5, 0.6) is 0 Å². The molecule has 0 saturated carbocycles. The first-order valence-corrected chi connectivity index (χ1v) is 12.7. The molecule has 0 aliphatic carbocycles. The smallest absolute Gasteiger partial charge is 0.212 e. The first-order chi connectivity index (χ1) is 18.3. The van der Waals surface area contributed by atoms with Crippen LogP contribution in [0.2, 0.25) is 0 Å². The van der Waals surface area contributed by atoms with E-state index in [4.69, 9.17) is 0 Å². The number of aryl methyl sites for hydroxylation is 1. The molecular formula is C32H27N5+2. The number of pyridine rings is 2. The molecule has 0 atom stereocenters. The summed E-state index contributed by atoms with van der Waals surface area (Å²) in [5, 5.41) is 2.62. The second-order valence-electron chi connectivity index (χ2n) is 9.42. The van der Waals surface area contributed by atoms with E-state index in [1.165, 1.54) is 32.9 Å². The van der Waals surface area contributed by atoms with Crippen molar-refractivity contribution in [3.63, 3.8) is 0 Å². The first kappa shape index (κ1) is 21.5. The van der Waals surface area contributed by atoms with E-state index < -0.39 is 0 Å².